The molecule has 220 valence electrons. The van der Waals surface area contributed by atoms with Crippen LogP contribution in [-0.2, 0) is 20.2 Å². The molecule has 0 aliphatic carbocycles. The van der Waals surface area contributed by atoms with E-state index in [0.717, 1.165) is 6.07 Å². The first kappa shape index (κ1) is 33.7. The monoisotopic (exact) mass is 602 g/mol. The second-order valence-electron chi connectivity index (χ2n) is 7.52. The zero-order chi connectivity index (χ0) is 30.5. The van der Waals surface area contributed by atoms with E-state index in [4.69, 9.17) is 52.4 Å². The van der Waals surface area contributed by atoms with Crippen molar-refractivity contribution in [3.63, 3.8) is 0 Å². The first-order valence-electron chi connectivity index (χ1n) is 10.9. The number of ether oxygens (including phenoxy) is 2. The lowest BCUT2D eigenvalue weighted by molar-refractivity contribution is 0.202. The van der Waals surface area contributed by atoms with Crippen molar-refractivity contribution in [3.05, 3.63) is 59.5 Å². The number of anilines is 5. The highest BCUT2D eigenvalue weighted by molar-refractivity contribution is 7.86. The Morgan fingerprint density at radius 1 is 0.675 bits per heavy atom. The van der Waals surface area contributed by atoms with Crippen molar-refractivity contribution >= 4 is 48.7 Å². The van der Waals surface area contributed by atoms with E-state index in [1.54, 1.807) is 0 Å². The molecule has 3 rings (SSSR count). The minimum atomic E-state index is -4.26. The molecule has 0 bridgehead atoms. The van der Waals surface area contributed by atoms with Gasteiger partial charge in [0.25, 0.3) is 20.2 Å². The molecule has 40 heavy (non-hydrogen) atoms. The first-order chi connectivity index (χ1) is 18.6. The maximum Gasteiger partial charge on any atom is 0.296 e. The SMILES string of the molecule is Nc1cc(OCCN=O)c(N)cc1OCCO.Nc1ccc(N)c(S(=O)(=O)O)c1.Nc1ccc(S(=O)(=O)O)cc1. The molecule has 0 radical (unpaired) electrons. The summed E-state index contributed by atoms with van der Waals surface area (Å²) in [5.74, 6) is 0.764. The standard InChI is InChI=1S/C10H15N3O4.C6H8N2O3S.C6H7NO3S/c11-7-6-10(17-4-2-14)8(12)5-9(7)16-3-1-13-15;7-4-1-2-5(8)6(3-4)12(9,10)11;7-5-1-3-6(4-2-5)11(8,9)10/h5-6,14H,1-4,11-12H2;1-3H,7-8H2,(H,9,10,11);1-4H,7H2,(H,8,9,10). The summed E-state index contributed by atoms with van der Waals surface area (Å²) >= 11 is 0. The third-order valence-electron chi connectivity index (χ3n) is 4.42. The van der Waals surface area contributed by atoms with Crippen LogP contribution >= 0.6 is 0 Å². The Morgan fingerprint density at radius 2 is 1.18 bits per heavy atom. The van der Waals surface area contributed by atoms with E-state index in [1.165, 1.54) is 48.5 Å². The smallest absolute Gasteiger partial charge is 0.296 e. The van der Waals surface area contributed by atoms with Gasteiger partial charge in [-0.1, -0.05) is 5.18 Å². The average Bonchev–Trinajstić information content (AvgIpc) is 2.86. The highest BCUT2D eigenvalue weighted by Crippen LogP contribution is 2.32. The third kappa shape index (κ3) is 11.6. The fourth-order valence-corrected chi connectivity index (χ4v) is 3.73. The van der Waals surface area contributed by atoms with Gasteiger partial charge in [-0.15, -0.1) is 0 Å². The molecule has 18 heteroatoms. The van der Waals surface area contributed by atoms with Gasteiger partial charge in [0, 0.05) is 23.5 Å². The van der Waals surface area contributed by atoms with Crippen molar-refractivity contribution in [2.75, 3.05) is 55.0 Å². The number of hydrogen-bond donors (Lipinski definition) is 8. The lowest BCUT2D eigenvalue weighted by Gasteiger charge is -2.12. The molecule has 0 saturated heterocycles. The first-order valence-corrected chi connectivity index (χ1v) is 13.8. The molecule has 0 amide bonds. The Bertz CT molecular complexity index is 1480. The zero-order valence-electron chi connectivity index (χ0n) is 20.9. The molecule has 0 unspecified atom stereocenters. The van der Waals surface area contributed by atoms with Gasteiger partial charge in [0.05, 0.1) is 28.6 Å². The Balaban J connectivity index is 0.000000309. The Hall–Kier alpha value is -4.36. The van der Waals surface area contributed by atoms with Crippen molar-refractivity contribution in [3.8, 4) is 11.5 Å². The van der Waals surface area contributed by atoms with Gasteiger partial charge in [0.15, 0.2) is 0 Å². The van der Waals surface area contributed by atoms with Crippen LogP contribution in [0.5, 0.6) is 11.5 Å². The van der Waals surface area contributed by atoms with Crippen LogP contribution in [0.15, 0.2) is 69.6 Å². The molecule has 0 heterocycles. The second kappa shape index (κ2) is 15.3. The molecule has 0 atom stereocenters. The fraction of sp³-hybridized carbons (Fsp3) is 0.182. The molecular formula is C22H30N6O10S2. The van der Waals surface area contributed by atoms with E-state index in [2.05, 4.69) is 5.18 Å². The van der Waals surface area contributed by atoms with Crippen LogP contribution < -0.4 is 38.1 Å². The van der Waals surface area contributed by atoms with E-state index in [-0.39, 0.29) is 47.5 Å². The number of rotatable bonds is 9. The minimum absolute atomic E-state index is 0.0216. The van der Waals surface area contributed by atoms with Crippen LogP contribution in [0.2, 0.25) is 0 Å². The Morgan fingerprint density at radius 3 is 1.60 bits per heavy atom. The molecular weight excluding hydrogens is 572 g/mol. The van der Waals surface area contributed by atoms with Crippen molar-refractivity contribution in [1.82, 2.24) is 0 Å². The summed E-state index contributed by atoms with van der Waals surface area (Å²) < 4.78 is 69.7. The van der Waals surface area contributed by atoms with Gasteiger partial charge in [-0.05, 0) is 42.5 Å². The van der Waals surface area contributed by atoms with Gasteiger partial charge in [-0.3, -0.25) is 9.11 Å². The molecule has 3 aromatic carbocycles. The number of benzene rings is 3. The Labute approximate surface area is 230 Å². The largest absolute Gasteiger partial charge is 0.489 e. The van der Waals surface area contributed by atoms with E-state index >= 15 is 0 Å². The van der Waals surface area contributed by atoms with E-state index in [9.17, 15) is 21.7 Å². The van der Waals surface area contributed by atoms with Crippen LogP contribution in [0.4, 0.5) is 28.4 Å². The molecule has 0 aliphatic rings. The average molecular weight is 603 g/mol. The maximum absolute atomic E-state index is 10.6. The molecule has 3 aromatic rings. The number of nitrogen functional groups attached to an aromatic ring is 5. The minimum Gasteiger partial charge on any atom is -0.489 e. The number of nitrogens with two attached hydrogens (primary N) is 5. The van der Waals surface area contributed by atoms with Crippen LogP contribution in [0, 0.1) is 4.91 Å². The number of hydrogen-bond acceptors (Lipinski definition) is 14. The molecule has 0 aromatic heterocycles. The van der Waals surface area contributed by atoms with Gasteiger partial charge in [-0.25, -0.2) is 0 Å². The number of aliphatic hydroxyl groups excluding tert-OH is 1. The predicted molar refractivity (Wildman–Crippen MR) is 150 cm³/mol. The predicted octanol–water partition coefficient (Wildman–Crippen LogP) is 0.981. The van der Waals surface area contributed by atoms with Crippen LogP contribution in [0.1, 0.15) is 0 Å². The molecule has 0 spiro atoms. The molecule has 0 aliphatic heterocycles. The number of aliphatic hydroxyl groups is 1. The number of nitroso groups, excluding NO2 is 1. The topological polar surface area (TPSA) is 307 Å². The lowest BCUT2D eigenvalue weighted by Crippen LogP contribution is -2.07. The van der Waals surface area contributed by atoms with Crippen molar-refractivity contribution in [2.45, 2.75) is 9.79 Å². The van der Waals surface area contributed by atoms with Crippen LogP contribution in [-0.4, -0.2) is 57.4 Å². The van der Waals surface area contributed by atoms with Crippen molar-refractivity contribution in [1.29, 1.82) is 0 Å². The summed E-state index contributed by atoms with van der Waals surface area (Å²) in [5, 5.41) is 11.3. The molecule has 13 N–H and O–H groups in total. The second-order valence-corrected chi connectivity index (χ2v) is 10.3. The van der Waals surface area contributed by atoms with Gasteiger partial charge in [-0.2, -0.15) is 21.7 Å². The quantitative estimate of drug-likeness (QED) is 0.0732. The maximum atomic E-state index is 10.6. The van der Waals surface area contributed by atoms with Crippen LogP contribution in [0.3, 0.4) is 0 Å². The van der Waals surface area contributed by atoms with Gasteiger partial charge in [0.1, 0.15) is 36.2 Å². The lowest BCUT2D eigenvalue weighted by atomic mass is 10.2. The summed E-state index contributed by atoms with van der Waals surface area (Å²) in [5.41, 5.74) is 28.6. The van der Waals surface area contributed by atoms with Gasteiger partial charge >= 0.3 is 0 Å². The summed E-state index contributed by atoms with van der Waals surface area (Å²) in [6, 6.07) is 12.2. The highest BCUT2D eigenvalue weighted by Gasteiger charge is 2.13. The summed E-state index contributed by atoms with van der Waals surface area (Å²) in [7, 11) is -8.34. The normalized spacial score (nSPS) is 10.8. The zero-order valence-corrected chi connectivity index (χ0v) is 22.5. The summed E-state index contributed by atoms with van der Waals surface area (Å²) in [6.45, 7) is 0.216. The van der Waals surface area contributed by atoms with Crippen molar-refractivity contribution in [2.24, 2.45) is 5.18 Å². The van der Waals surface area contributed by atoms with Gasteiger partial charge < -0.3 is 43.2 Å². The molecule has 0 saturated carbocycles. The Kier molecular flexibility index (Phi) is 12.9. The van der Waals surface area contributed by atoms with E-state index < -0.39 is 20.2 Å². The summed E-state index contributed by atoms with van der Waals surface area (Å²) in [4.78, 5) is 9.38. The van der Waals surface area contributed by atoms with Gasteiger partial charge in [0.2, 0.25) is 0 Å². The van der Waals surface area contributed by atoms with Crippen molar-refractivity contribution < 1.29 is 40.5 Å². The fourth-order valence-electron chi connectivity index (χ4n) is 2.60. The van der Waals surface area contributed by atoms with E-state index in [1.807, 2.05) is 0 Å². The number of nitrogens with zero attached hydrogens (tertiary/aromatic N) is 1. The van der Waals surface area contributed by atoms with E-state index in [0.29, 0.717) is 28.6 Å². The third-order valence-corrected chi connectivity index (χ3v) is 6.20. The highest BCUT2D eigenvalue weighted by atomic mass is 32.2. The van der Waals surface area contributed by atoms with Crippen LogP contribution in [0.25, 0.3) is 0 Å². The molecule has 0 fully saturated rings. The molecule has 16 nitrogen and oxygen atoms in total. The summed E-state index contributed by atoms with van der Waals surface area (Å²) in [6.07, 6.45) is 0.